The highest BCUT2D eigenvalue weighted by molar-refractivity contribution is 6.12. The van der Waals surface area contributed by atoms with Crippen LogP contribution in [0.3, 0.4) is 0 Å². The van der Waals surface area contributed by atoms with E-state index >= 15 is 0 Å². The van der Waals surface area contributed by atoms with E-state index in [2.05, 4.69) is 109 Å². The van der Waals surface area contributed by atoms with Gasteiger partial charge in [-0.2, -0.15) is 26.3 Å². The van der Waals surface area contributed by atoms with Crippen molar-refractivity contribution in [3.05, 3.63) is 191 Å². The lowest BCUT2D eigenvalue weighted by molar-refractivity contribution is -0.138. The molecule has 1 aliphatic rings. The molecule has 0 unspecified atom stereocenters. The predicted molar refractivity (Wildman–Crippen MR) is 234 cm³/mol. The van der Waals surface area contributed by atoms with Crippen LogP contribution in [0, 0.1) is 13.8 Å². The third kappa shape index (κ3) is 5.87. The summed E-state index contributed by atoms with van der Waals surface area (Å²) < 4.78 is 88.9. The lowest BCUT2D eigenvalue weighted by Gasteiger charge is -2.16. The summed E-state index contributed by atoms with van der Waals surface area (Å²) >= 11 is 0. The van der Waals surface area contributed by atoms with Crippen LogP contribution in [0.2, 0.25) is 0 Å². The number of aryl methyl sites for hydroxylation is 2. The first-order valence-electron chi connectivity index (χ1n) is 20.0. The fourth-order valence-electron chi connectivity index (χ4n) is 9.46. The summed E-state index contributed by atoms with van der Waals surface area (Å²) in [6, 6.07) is 48.2. The Kier molecular flexibility index (Phi) is 8.01. The van der Waals surface area contributed by atoms with Gasteiger partial charge in [0.05, 0.1) is 38.9 Å². The number of hydrogen-bond donors (Lipinski definition) is 0. The van der Waals surface area contributed by atoms with Gasteiger partial charge in [-0.15, -0.1) is 0 Å². The Balaban J connectivity index is 1.03. The quantitative estimate of drug-likeness (QED) is 0.157. The summed E-state index contributed by atoms with van der Waals surface area (Å²) in [5, 5.41) is 3.00. The Morgan fingerprint density at radius 1 is 0.410 bits per heavy atom. The molecule has 0 saturated heterocycles. The molecule has 1 aliphatic carbocycles. The molecular weight excluding hydrogens is 779 g/mol. The van der Waals surface area contributed by atoms with E-state index in [9.17, 15) is 26.3 Å². The maximum Gasteiger partial charge on any atom is 0.418 e. The molecule has 11 rings (SSSR count). The molecule has 0 amide bonds. The molecule has 2 heterocycles. The van der Waals surface area contributed by atoms with Crippen LogP contribution in [0.1, 0.15) is 33.4 Å². The Hall–Kier alpha value is -7.06. The highest BCUT2D eigenvalue weighted by Crippen LogP contribution is 2.45. The topological polar surface area (TPSA) is 9.86 Å². The largest absolute Gasteiger partial charge is 0.418 e. The minimum atomic E-state index is -4.68. The first-order valence-corrected chi connectivity index (χ1v) is 20.0. The molecule has 0 N–H and O–H groups in total. The van der Waals surface area contributed by atoms with E-state index in [-0.39, 0.29) is 16.6 Å². The summed E-state index contributed by atoms with van der Waals surface area (Å²) in [4.78, 5) is 0. The van der Waals surface area contributed by atoms with Crippen molar-refractivity contribution in [2.24, 2.45) is 0 Å². The Morgan fingerprint density at radius 2 is 0.869 bits per heavy atom. The second kappa shape index (κ2) is 13.2. The summed E-state index contributed by atoms with van der Waals surface area (Å²) in [5.41, 5.74) is 12.9. The van der Waals surface area contributed by atoms with E-state index in [0.717, 1.165) is 74.7 Å². The fraction of sp³-hybridized carbons (Fsp3) is 0.0943. The zero-order valence-electron chi connectivity index (χ0n) is 32.9. The molecule has 2 nitrogen and oxygen atoms in total. The van der Waals surface area contributed by atoms with Gasteiger partial charge in [0, 0.05) is 27.2 Å². The molecule has 0 saturated carbocycles. The van der Waals surface area contributed by atoms with E-state index in [1.165, 1.54) is 61.9 Å². The van der Waals surface area contributed by atoms with Crippen LogP contribution >= 0.6 is 0 Å². The third-order valence-corrected chi connectivity index (χ3v) is 12.4. The molecule has 8 aromatic carbocycles. The van der Waals surface area contributed by atoms with Crippen molar-refractivity contribution in [3.63, 3.8) is 0 Å². The molecule has 0 radical (unpaired) electrons. The summed E-state index contributed by atoms with van der Waals surface area (Å²) in [6.07, 6.45) is -8.56. The van der Waals surface area contributed by atoms with Gasteiger partial charge in [0.15, 0.2) is 0 Å². The van der Waals surface area contributed by atoms with E-state index < -0.39 is 23.5 Å². The van der Waals surface area contributed by atoms with Crippen LogP contribution in [0.25, 0.3) is 88.4 Å². The Morgan fingerprint density at radius 3 is 1.44 bits per heavy atom. The summed E-state index contributed by atoms with van der Waals surface area (Å²) in [7, 11) is 0. The van der Waals surface area contributed by atoms with Crippen molar-refractivity contribution in [2.75, 3.05) is 0 Å². The lowest BCUT2D eigenvalue weighted by Crippen LogP contribution is -2.10. The smallest absolute Gasteiger partial charge is 0.309 e. The van der Waals surface area contributed by atoms with E-state index in [1.807, 2.05) is 12.1 Å². The number of halogens is 6. The van der Waals surface area contributed by atoms with E-state index in [0.29, 0.717) is 10.9 Å². The van der Waals surface area contributed by atoms with E-state index in [4.69, 9.17) is 0 Å². The molecular formula is C53H34F6N2. The van der Waals surface area contributed by atoms with Crippen LogP contribution in [0.15, 0.2) is 158 Å². The van der Waals surface area contributed by atoms with Crippen molar-refractivity contribution in [3.8, 4) is 44.8 Å². The maximum atomic E-state index is 14.3. The third-order valence-electron chi connectivity index (χ3n) is 12.4. The van der Waals surface area contributed by atoms with Crippen molar-refractivity contribution < 1.29 is 26.3 Å². The number of hydrogen-bond acceptors (Lipinski definition) is 0. The van der Waals surface area contributed by atoms with Gasteiger partial charge >= 0.3 is 12.4 Å². The van der Waals surface area contributed by atoms with Gasteiger partial charge in [0.25, 0.3) is 0 Å². The SMILES string of the molecule is Cc1ccc2c(c1)c1cc(-c3ccc4c(c3)-c3cc(-c5ccc6c(c5)c5cc(C(F)(F)F)ccc5n6-c5ccccc5C(F)(F)F)ccc3C4)ccc1n2-c1ccccc1C. The zero-order valence-corrected chi connectivity index (χ0v) is 32.9. The van der Waals surface area contributed by atoms with Crippen LogP contribution in [0.5, 0.6) is 0 Å². The van der Waals surface area contributed by atoms with Crippen LogP contribution in [0.4, 0.5) is 26.3 Å². The number of para-hydroxylation sites is 2. The lowest BCUT2D eigenvalue weighted by atomic mass is 9.95. The Bertz CT molecular complexity index is 3450. The average Bonchev–Trinajstić information content (AvgIpc) is 3.89. The number of nitrogens with zero attached hydrogens (tertiary/aromatic N) is 2. The second-order valence-corrected chi connectivity index (χ2v) is 16.1. The molecule has 0 atom stereocenters. The molecule has 61 heavy (non-hydrogen) atoms. The molecule has 298 valence electrons. The highest BCUT2D eigenvalue weighted by Gasteiger charge is 2.35. The van der Waals surface area contributed by atoms with Gasteiger partial charge in [-0.3, -0.25) is 0 Å². The molecule has 8 heteroatoms. The average molecular weight is 813 g/mol. The molecule has 0 aliphatic heterocycles. The first kappa shape index (κ1) is 37.0. The standard InChI is InChI=1S/C53H34F6N2/c1-30-11-19-47-41(23-30)42-27-34(16-20-48(42)60(47)46-9-5-3-7-31(46)2)32-12-14-36-24-37-15-13-33(26-40(37)39(36)25-32)35-17-21-49-43(28-35)44-29-38(52(54,55)56)18-22-50(44)61(49)51-10-6-4-8-45(51)53(57,58)59/h3-23,25-29H,24H2,1-2H3. The number of fused-ring (bicyclic) bond motifs is 9. The second-order valence-electron chi connectivity index (χ2n) is 16.1. The van der Waals surface area contributed by atoms with Crippen molar-refractivity contribution in [1.29, 1.82) is 0 Å². The van der Waals surface area contributed by atoms with Crippen molar-refractivity contribution in [1.82, 2.24) is 9.13 Å². The number of benzene rings is 8. The van der Waals surface area contributed by atoms with Gasteiger partial charge in [-0.05, 0) is 155 Å². The number of aromatic nitrogens is 2. The van der Waals surface area contributed by atoms with Crippen molar-refractivity contribution >= 4 is 43.6 Å². The maximum absolute atomic E-state index is 14.3. The first-order chi connectivity index (χ1) is 29.3. The minimum Gasteiger partial charge on any atom is -0.309 e. The van der Waals surface area contributed by atoms with Gasteiger partial charge in [0.1, 0.15) is 0 Å². The van der Waals surface area contributed by atoms with Gasteiger partial charge < -0.3 is 9.13 Å². The molecule has 2 aromatic heterocycles. The fourth-order valence-corrected chi connectivity index (χ4v) is 9.46. The van der Waals surface area contributed by atoms with Crippen LogP contribution in [-0.2, 0) is 18.8 Å². The molecule has 0 spiro atoms. The normalized spacial score (nSPS) is 12.9. The molecule has 10 aromatic rings. The van der Waals surface area contributed by atoms with Gasteiger partial charge in [0.2, 0.25) is 0 Å². The minimum absolute atomic E-state index is 0.154. The van der Waals surface area contributed by atoms with Crippen LogP contribution in [-0.4, -0.2) is 9.13 Å². The summed E-state index contributed by atoms with van der Waals surface area (Å²) in [5.74, 6) is 0. The van der Waals surface area contributed by atoms with Crippen molar-refractivity contribution in [2.45, 2.75) is 32.6 Å². The van der Waals surface area contributed by atoms with Gasteiger partial charge in [-0.1, -0.05) is 78.4 Å². The van der Waals surface area contributed by atoms with E-state index in [1.54, 1.807) is 12.1 Å². The zero-order chi connectivity index (χ0) is 41.9. The number of alkyl halides is 6. The summed E-state index contributed by atoms with van der Waals surface area (Å²) in [6.45, 7) is 4.25. The van der Waals surface area contributed by atoms with Gasteiger partial charge in [-0.25, -0.2) is 0 Å². The monoisotopic (exact) mass is 812 g/mol. The van der Waals surface area contributed by atoms with Crippen LogP contribution < -0.4 is 0 Å². The predicted octanol–water partition coefficient (Wildman–Crippen LogP) is 15.4. The highest BCUT2D eigenvalue weighted by atomic mass is 19.4. The number of rotatable bonds is 4. The molecule has 0 fully saturated rings. The Labute approximate surface area is 346 Å². The molecule has 0 bridgehead atoms.